The molecule has 2 aromatic carbocycles. The molecule has 0 bridgehead atoms. The Balaban J connectivity index is 1.64. The van der Waals surface area contributed by atoms with E-state index in [1.54, 1.807) is 55.6 Å². The van der Waals surface area contributed by atoms with Gasteiger partial charge in [-0.25, -0.2) is 18.6 Å². The number of aromatic nitrogens is 2. The normalized spacial score (nSPS) is 11.8. The molecule has 2 aromatic heterocycles. The van der Waals surface area contributed by atoms with Gasteiger partial charge in [-0.3, -0.25) is 9.20 Å². The summed E-state index contributed by atoms with van der Waals surface area (Å²) in [5, 5.41) is 12.1. The molecule has 4 aromatic rings. The van der Waals surface area contributed by atoms with Crippen molar-refractivity contribution in [2.45, 2.75) is 19.6 Å². The van der Waals surface area contributed by atoms with Crippen LogP contribution >= 0.6 is 0 Å². The molecule has 0 spiro atoms. The van der Waals surface area contributed by atoms with Crippen molar-refractivity contribution in [3.8, 4) is 5.75 Å². The number of aryl methyl sites for hydroxylation is 1. The summed E-state index contributed by atoms with van der Waals surface area (Å²) in [5.41, 5.74) is 0.893. The van der Waals surface area contributed by atoms with Gasteiger partial charge in [-0.1, -0.05) is 36.4 Å². The number of aliphatic carboxylic acids is 1. The molecule has 0 saturated carbocycles. The molecule has 0 fully saturated rings. The number of benzene rings is 2. The number of nitrogens with one attached hydrogen (secondary N) is 1. The fourth-order valence-electron chi connectivity index (χ4n) is 3.49. The SMILES string of the molecule is Cc1nc2c(OCc3c(F)cccc3F)cccn2c1C(=O)N[C@@H](C(=O)O)c1ccccc1. The summed E-state index contributed by atoms with van der Waals surface area (Å²) in [6, 6.07) is 13.7. The molecule has 0 radical (unpaired) electrons. The van der Waals surface area contributed by atoms with Crippen LogP contribution in [0.3, 0.4) is 0 Å². The Morgan fingerprint density at radius 3 is 2.42 bits per heavy atom. The Kier molecular flexibility index (Phi) is 6.03. The van der Waals surface area contributed by atoms with Crippen LogP contribution in [0.4, 0.5) is 8.78 Å². The number of imidazole rings is 1. The van der Waals surface area contributed by atoms with Crippen molar-refractivity contribution >= 4 is 17.5 Å². The van der Waals surface area contributed by atoms with Gasteiger partial charge in [0.2, 0.25) is 0 Å². The highest BCUT2D eigenvalue weighted by atomic mass is 19.1. The number of carboxylic acids is 1. The van der Waals surface area contributed by atoms with Crippen molar-refractivity contribution in [1.29, 1.82) is 0 Å². The van der Waals surface area contributed by atoms with Crippen molar-refractivity contribution in [2.24, 2.45) is 0 Å². The summed E-state index contributed by atoms with van der Waals surface area (Å²) in [5.74, 6) is -3.12. The number of amides is 1. The number of rotatable bonds is 7. The number of hydrogen-bond donors (Lipinski definition) is 2. The number of halogens is 2. The van der Waals surface area contributed by atoms with E-state index in [1.807, 2.05) is 0 Å². The monoisotopic (exact) mass is 451 g/mol. The van der Waals surface area contributed by atoms with E-state index in [0.717, 1.165) is 12.1 Å². The summed E-state index contributed by atoms with van der Waals surface area (Å²) in [6.45, 7) is 1.22. The Morgan fingerprint density at radius 2 is 1.76 bits per heavy atom. The lowest BCUT2D eigenvalue weighted by molar-refractivity contribution is -0.139. The molecule has 0 aliphatic heterocycles. The molecule has 1 amide bonds. The summed E-state index contributed by atoms with van der Waals surface area (Å²) in [4.78, 5) is 29.2. The quantitative estimate of drug-likeness (QED) is 0.442. The number of hydrogen-bond acceptors (Lipinski definition) is 4. The van der Waals surface area contributed by atoms with Gasteiger partial charge >= 0.3 is 5.97 Å². The van der Waals surface area contributed by atoms with Gasteiger partial charge in [-0.15, -0.1) is 0 Å². The topological polar surface area (TPSA) is 92.9 Å². The minimum Gasteiger partial charge on any atom is -0.485 e. The van der Waals surface area contributed by atoms with E-state index in [9.17, 15) is 23.5 Å². The molecule has 0 aliphatic rings. The smallest absolute Gasteiger partial charge is 0.330 e. The van der Waals surface area contributed by atoms with Gasteiger partial charge in [0.15, 0.2) is 17.4 Å². The largest absolute Gasteiger partial charge is 0.485 e. The molecule has 7 nitrogen and oxygen atoms in total. The molecule has 0 saturated heterocycles. The predicted octanol–water partition coefficient (Wildman–Crippen LogP) is 4.06. The Labute approximate surface area is 187 Å². The van der Waals surface area contributed by atoms with Crippen LogP contribution in [0.1, 0.15) is 33.4 Å². The molecular weight excluding hydrogens is 432 g/mol. The zero-order chi connectivity index (χ0) is 23.5. The van der Waals surface area contributed by atoms with E-state index in [-0.39, 0.29) is 29.3 Å². The molecule has 1 atom stereocenters. The second kappa shape index (κ2) is 9.07. The van der Waals surface area contributed by atoms with Gasteiger partial charge < -0.3 is 15.2 Å². The van der Waals surface area contributed by atoms with Gasteiger partial charge in [0.1, 0.15) is 23.9 Å². The van der Waals surface area contributed by atoms with E-state index >= 15 is 0 Å². The van der Waals surface area contributed by atoms with Crippen LogP contribution in [0, 0.1) is 18.6 Å². The molecule has 0 unspecified atom stereocenters. The lowest BCUT2D eigenvalue weighted by atomic mass is 10.1. The van der Waals surface area contributed by atoms with E-state index in [2.05, 4.69) is 10.3 Å². The summed E-state index contributed by atoms with van der Waals surface area (Å²) >= 11 is 0. The van der Waals surface area contributed by atoms with E-state index in [0.29, 0.717) is 11.3 Å². The molecule has 2 N–H and O–H groups in total. The standard InChI is InChI=1S/C24H19F2N3O4/c1-14-21(23(30)28-20(24(31)32)15-7-3-2-4-8-15)29-12-6-11-19(22(29)27-14)33-13-16-17(25)9-5-10-18(16)26/h2-12,20H,13H2,1H3,(H,28,30)(H,31,32)/t20-/m1/s1. The summed E-state index contributed by atoms with van der Waals surface area (Å²) < 4.78 is 34.9. The van der Waals surface area contributed by atoms with Crippen LogP contribution in [-0.2, 0) is 11.4 Å². The van der Waals surface area contributed by atoms with Gasteiger partial charge in [0.25, 0.3) is 5.91 Å². The van der Waals surface area contributed by atoms with Crippen molar-refractivity contribution < 1.29 is 28.2 Å². The molecule has 33 heavy (non-hydrogen) atoms. The van der Waals surface area contributed by atoms with Gasteiger partial charge in [-0.2, -0.15) is 0 Å². The molecule has 9 heteroatoms. The fourth-order valence-corrected chi connectivity index (χ4v) is 3.49. The first-order valence-electron chi connectivity index (χ1n) is 9.98. The third-order valence-corrected chi connectivity index (χ3v) is 5.09. The van der Waals surface area contributed by atoms with Gasteiger partial charge in [0.05, 0.1) is 11.3 Å². The summed E-state index contributed by atoms with van der Waals surface area (Å²) in [6.07, 6.45) is 1.57. The highest BCUT2D eigenvalue weighted by Gasteiger charge is 2.26. The number of ether oxygens (including phenoxy) is 1. The van der Waals surface area contributed by atoms with Crippen molar-refractivity contribution in [2.75, 3.05) is 0 Å². The van der Waals surface area contributed by atoms with E-state index < -0.39 is 29.6 Å². The van der Waals surface area contributed by atoms with Crippen LogP contribution in [0.5, 0.6) is 5.75 Å². The third kappa shape index (κ3) is 4.38. The van der Waals surface area contributed by atoms with E-state index in [1.165, 1.54) is 10.5 Å². The number of carboxylic acid groups (broad SMARTS) is 1. The van der Waals surface area contributed by atoms with Gasteiger partial charge in [-0.05, 0) is 36.8 Å². The maximum absolute atomic E-state index is 13.9. The Bertz CT molecular complexity index is 1320. The first-order chi connectivity index (χ1) is 15.9. The van der Waals surface area contributed by atoms with Gasteiger partial charge in [0, 0.05) is 6.20 Å². The van der Waals surface area contributed by atoms with Crippen LogP contribution in [-0.4, -0.2) is 26.4 Å². The minimum atomic E-state index is -1.26. The molecule has 0 aliphatic carbocycles. The molecular formula is C24H19F2N3O4. The highest BCUT2D eigenvalue weighted by Crippen LogP contribution is 2.25. The number of fused-ring (bicyclic) bond motifs is 1. The van der Waals surface area contributed by atoms with Crippen LogP contribution < -0.4 is 10.1 Å². The molecule has 2 heterocycles. The zero-order valence-electron chi connectivity index (χ0n) is 17.5. The maximum Gasteiger partial charge on any atom is 0.330 e. The summed E-state index contributed by atoms with van der Waals surface area (Å²) in [7, 11) is 0. The van der Waals surface area contributed by atoms with E-state index in [4.69, 9.17) is 4.74 Å². The second-order valence-electron chi connectivity index (χ2n) is 7.26. The van der Waals surface area contributed by atoms with Crippen LogP contribution in [0.2, 0.25) is 0 Å². The average molecular weight is 451 g/mol. The van der Waals surface area contributed by atoms with Crippen LogP contribution in [0.25, 0.3) is 5.65 Å². The second-order valence-corrected chi connectivity index (χ2v) is 7.26. The predicted molar refractivity (Wildman–Crippen MR) is 115 cm³/mol. The minimum absolute atomic E-state index is 0.120. The first kappa shape index (κ1) is 21.9. The highest BCUT2D eigenvalue weighted by molar-refractivity contribution is 5.97. The first-order valence-corrected chi connectivity index (χ1v) is 9.98. The lowest BCUT2D eigenvalue weighted by Crippen LogP contribution is -2.34. The zero-order valence-corrected chi connectivity index (χ0v) is 17.5. The lowest BCUT2D eigenvalue weighted by Gasteiger charge is -2.15. The Hall–Kier alpha value is -4.27. The maximum atomic E-state index is 13.9. The number of carbonyl (C=O) groups excluding carboxylic acids is 1. The third-order valence-electron chi connectivity index (χ3n) is 5.09. The number of nitrogens with zero attached hydrogens (tertiary/aromatic N) is 2. The molecule has 4 rings (SSSR count). The number of pyridine rings is 1. The van der Waals surface area contributed by atoms with Crippen molar-refractivity contribution in [3.05, 3.63) is 101 Å². The van der Waals surface area contributed by atoms with Crippen molar-refractivity contribution in [1.82, 2.24) is 14.7 Å². The van der Waals surface area contributed by atoms with Crippen LogP contribution in [0.15, 0.2) is 66.9 Å². The van der Waals surface area contributed by atoms with Crippen molar-refractivity contribution in [3.63, 3.8) is 0 Å². The fraction of sp³-hybridized carbons (Fsp3) is 0.125. The average Bonchev–Trinajstić information content (AvgIpc) is 3.14. The number of carbonyl (C=O) groups is 2. The Morgan fingerprint density at radius 1 is 1.06 bits per heavy atom. The molecule has 168 valence electrons.